The van der Waals surface area contributed by atoms with Gasteiger partial charge in [0.15, 0.2) is 11.5 Å². The van der Waals surface area contributed by atoms with E-state index in [1.54, 1.807) is 25.6 Å². The van der Waals surface area contributed by atoms with Gasteiger partial charge >= 0.3 is 0 Å². The monoisotopic (exact) mass is 359 g/mol. The van der Waals surface area contributed by atoms with Crippen LogP contribution in [0.25, 0.3) is 22.4 Å². The van der Waals surface area contributed by atoms with Crippen molar-refractivity contribution < 1.29 is 9.47 Å². The predicted octanol–water partition coefficient (Wildman–Crippen LogP) is 5.75. The lowest BCUT2D eigenvalue weighted by molar-refractivity contribution is 0.355. The van der Waals surface area contributed by atoms with E-state index in [0.717, 1.165) is 16.1 Å². The van der Waals surface area contributed by atoms with Gasteiger partial charge in [-0.3, -0.25) is 0 Å². The van der Waals surface area contributed by atoms with Crippen LogP contribution >= 0.6 is 22.9 Å². The predicted molar refractivity (Wildman–Crippen MR) is 103 cm³/mol. The summed E-state index contributed by atoms with van der Waals surface area (Å²) in [4.78, 5) is 4.67. The Hall–Kier alpha value is -2.04. The van der Waals surface area contributed by atoms with Crippen molar-refractivity contribution in [2.75, 3.05) is 14.2 Å². The first-order valence-electron chi connectivity index (χ1n) is 7.49. The number of fused-ring (bicyclic) bond motifs is 1. The topological polar surface area (TPSA) is 31.4 Å². The maximum absolute atomic E-state index is 6.24. The molecule has 3 nitrogen and oxygen atoms in total. The molecule has 124 valence electrons. The van der Waals surface area contributed by atoms with Crippen LogP contribution in [0.4, 0.5) is 0 Å². The molecular weight excluding hydrogens is 342 g/mol. The van der Waals surface area contributed by atoms with E-state index >= 15 is 0 Å². The summed E-state index contributed by atoms with van der Waals surface area (Å²) in [6.07, 6.45) is 3.97. The Morgan fingerprint density at radius 2 is 1.75 bits per heavy atom. The summed E-state index contributed by atoms with van der Waals surface area (Å²) in [6.45, 7) is 4.23. The highest BCUT2D eigenvalue weighted by Gasteiger charge is 2.10. The van der Waals surface area contributed by atoms with Gasteiger partial charge in [-0.2, -0.15) is 0 Å². The van der Waals surface area contributed by atoms with Crippen LogP contribution in [0.3, 0.4) is 0 Å². The van der Waals surface area contributed by atoms with Gasteiger partial charge in [0.1, 0.15) is 5.01 Å². The van der Waals surface area contributed by atoms with Crippen LogP contribution in [-0.2, 0) is 0 Å². The summed E-state index contributed by atoms with van der Waals surface area (Å²) in [6, 6.07) is 8.06. The second-order valence-corrected chi connectivity index (χ2v) is 7.00. The zero-order chi connectivity index (χ0) is 17.3. The van der Waals surface area contributed by atoms with E-state index in [0.29, 0.717) is 16.5 Å². The molecule has 1 aromatic heterocycles. The van der Waals surface area contributed by atoms with Crippen molar-refractivity contribution in [1.29, 1.82) is 0 Å². The van der Waals surface area contributed by atoms with Crippen LogP contribution in [0.15, 0.2) is 24.3 Å². The van der Waals surface area contributed by atoms with Crippen molar-refractivity contribution >= 4 is 45.3 Å². The molecule has 0 aliphatic carbocycles. The molecule has 0 N–H and O–H groups in total. The Morgan fingerprint density at radius 3 is 2.46 bits per heavy atom. The highest BCUT2D eigenvalue weighted by Crippen LogP contribution is 2.36. The van der Waals surface area contributed by atoms with Crippen molar-refractivity contribution in [2.24, 2.45) is 0 Å². The zero-order valence-corrected chi connectivity index (χ0v) is 15.6. The third-order valence-corrected chi connectivity index (χ3v) is 5.16. The second kappa shape index (κ2) is 6.83. The molecular formula is C19H18ClNO2S. The minimum atomic E-state index is 0.520. The minimum Gasteiger partial charge on any atom is -0.493 e. The largest absolute Gasteiger partial charge is 0.493 e. The molecule has 0 unspecified atom stereocenters. The smallest absolute Gasteiger partial charge is 0.179 e. The zero-order valence-electron chi connectivity index (χ0n) is 14.0. The summed E-state index contributed by atoms with van der Waals surface area (Å²) in [5, 5.41) is 1.48. The lowest BCUT2D eigenvalue weighted by Gasteiger charge is -2.10. The number of thiazole rings is 1. The third-order valence-electron chi connectivity index (χ3n) is 3.89. The summed E-state index contributed by atoms with van der Waals surface area (Å²) in [5.74, 6) is 1.16. The van der Waals surface area contributed by atoms with E-state index in [2.05, 4.69) is 31.0 Å². The van der Waals surface area contributed by atoms with E-state index in [1.807, 2.05) is 24.3 Å². The number of benzene rings is 2. The van der Waals surface area contributed by atoms with Crippen LogP contribution in [0.5, 0.6) is 11.5 Å². The van der Waals surface area contributed by atoms with Gasteiger partial charge in [-0.05, 0) is 60.9 Å². The van der Waals surface area contributed by atoms with Gasteiger partial charge in [-0.25, -0.2) is 4.98 Å². The van der Waals surface area contributed by atoms with Gasteiger partial charge < -0.3 is 9.47 Å². The van der Waals surface area contributed by atoms with Crippen molar-refractivity contribution in [2.45, 2.75) is 13.8 Å². The Labute approximate surface area is 150 Å². The van der Waals surface area contributed by atoms with E-state index < -0.39 is 0 Å². The van der Waals surface area contributed by atoms with E-state index in [-0.39, 0.29) is 0 Å². The molecule has 0 saturated carbocycles. The van der Waals surface area contributed by atoms with Gasteiger partial charge in [0.2, 0.25) is 0 Å². The molecule has 24 heavy (non-hydrogen) atoms. The molecule has 0 aliphatic heterocycles. The molecule has 0 fully saturated rings. The Morgan fingerprint density at radius 1 is 1.00 bits per heavy atom. The summed E-state index contributed by atoms with van der Waals surface area (Å²) in [5.41, 5.74) is 4.51. The number of hydrogen-bond donors (Lipinski definition) is 0. The van der Waals surface area contributed by atoms with E-state index in [9.17, 15) is 0 Å². The SMILES string of the molecule is COc1cc(C=Cc2nc3cc(C)c(C)cc3s2)cc(Cl)c1OC. The molecule has 0 aliphatic rings. The van der Waals surface area contributed by atoms with Gasteiger partial charge in [0, 0.05) is 0 Å². The van der Waals surface area contributed by atoms with E-state index in [1.165, 1.54) is 15.8 Å². The van der Waals surface area contributed by atoms with Gasteiger partial charge in [0.25, 0.3) is 0 Å². The minimum absolute atomic E-state index is 0.520. The Kier molecular flexibility index (Phi) is 4.78. The van der Waals surface area contributed by atoms with Crippen molar-refractivity contribution in [3.63, 3.8) is 0 Å². The summed E-state index contributed by atoms with van der Waals surface area (Å²) < 4.78 is 11.8. The number of rotatable bonds is 4. The normalized spacial score (nSPS) is 11.4. The molecule has 0 atom stereocenters. The third kappa shape index (κ3) is 3.25. The average Bonchev–Trinajstić information content (AvgIpc) is 2.94. The molecule has 0 amide bonds. The Bertz CT molecular complexity index is 892. The number of halogens is 1. The van der Waals surface area contributed by atoms with E-state index in [4.69, 9.17) is 21.1 Å². The highest BCUT2D eigenvalue weighted by atomic mass is 35.5. The standard InChI is InChI=1S/C19H18ClNO2S/c1-11-7-15-17(8-12(11)2)24-18(21-15)6-5-13-9-14(20)19(23-4)16(10-13)22-3/h5-10H,1-4H3. The molecule has 0 saturated heterocycles. The number of hydrogen-bond acceptors (Lipinski definition) is 4. The second-order valence-electron chi connectivity index (χ2n) is 5.53. The fourth-order valence-corrected chi connectivity index (χ4v) is 3.72. The number of aromatic nitrogens is 1. The summed E-state index contributed by atoms with van der Waals surface area (Å²) >= 11 is 7.92. The van der Waals surface area contributed by atoms with Crippen molar-refractivity contribution in [3.05, 3.63) is 51.0 Å². The lowest BCUT2D eigenvalue weighted by Crippen LogP contribution is -1.92. The van der Waals surface area contributed by atoms with Crippen LogP contribution in [0.1, 0.15) is 21.7 Å². The fraction of sp³-hybridized carbons (Fsp3) is 0.211. The van der Waals surface area contributed by atoms with Crippen molar-refractivity contribution in [1.82, 2.24) is 4.98 Å². The quantitative estimate of drug-likeness (QED) is 0.594. The molecule has 2 aromatic carbocycles. The molecule has 3 aromatic rings. The van der Waals surface area contributed by atoms with Gasteiger partial charge in [-0.1, -0.05) is 17.7 Å². The van der Waals surface area contributed by atoms with Crippen LogP contribution < -0.4 is 9.47 Å². The number of aryl methyl sites for hydroxylation is 2. The average molecular weight is 360 g/mol. The fourth-order valence-electron chi connectivity index (χ4n) is 2.47. The maximum Gasteiger partial charge on any atom is 0.179 e. The Balaban J connectivity index is 1.95. The molecule has 0 spiro atoms. The lowest BCUT2D eigenvalue weighted by atomic mass is 10.1. The first-order chi connectivity index (χ1) is 11.5. The van der Waals surface area contributed by atoms with Crippen LogP contribution in [0.2, 0.25) is 5.02 Å². The molecule has 5 heteroatoms. The molecule has 0 radical (unpaired) electrons. The van der Waals surface area contributed by atoms with Gasteiger partial charge in [-0.15, -0.1) is 11.3 Å². The van der Waals surface area contributed by atoms with Crippen LogP contribution in [-0.4, -0.2) is 19.2 Å². The maximum atomic E-state index is 6.24. The first-order valence-corrected chi connectivity index (χ1v) is 8.68. The molecule has 3 rings (SSSR count). The van der Waals surface area contributed by atoms with Crippen LogP contribution in [0, 0.1) is 13.8 Å². The summed E-state index contributed by atoms with van der Waals surface area (Å²) in [7, 11) is 3.17. The number of ether oxygens (including phenoxy) is 2. The highest BCUT2D eigenvalue weighted by molar-refractivity contribution is 7.19. The first kappa shape index (κ1) is 16.8. The van der Waals surface area contributed by atoms with Crippen molar-refractivity contribution in [3.8, 4) is 11.5 Å². The van der Waals surface area contributed by atoms with Gasteiger partial charge in [0.05, 0.1) is 29.5 Å². The number of methoxy groups -OCH3 is 2. The number of nitrogens with zero attached hydrogens (tertiary/aromatic N) is 1. The molecule has 1 heterocycles. The molecule has 0 bridgehead atoms.